The van der Waals surface area contributed by atoms with Crippen LogP contribution in [0, 0.1) is 0 Å². The summed E-state index contributed by atoms with van der Waals surface area (Å²) in [5, 5.41) is 5.00. The fourth-order valence-electron chi connectivity index (χ4n) is 8.86. The van der Waals surface area contributed by atoms with Crippen molar-refractivity contribution in [2.24, 2.45) is 0 Å². The van der Waals surface area contributed by atoms with Crippen molar-refractivity contribution >= 4 is 123 Å². The van der Waals surface area contributed by atoms with E-state index in [0.29, 0.717) is 17.6 Å². The number of hydrogen-bond donors (Lipinski definition) is 0. The van der Waals surface area contributed by atoms with Crippen LogP contribution in [0.25, 0.3) is 89.2 Å². The minimum atomic E-state index is 0.604. The number of benzene rings is 7. The monoisotopic (exact) mass is 711 g/mol. The number of fused-ring (bicyclic) bond motifs is 7. The Morgan fingerprint density at radius 3 is 1.32 bits per heavy atom. The van der Waals surface area contributed by atoms with Crippen LogP contribution in [-0.2, 0) is 0 Å². The van der Waals surface area contributed by atoms with Gasteiger partial charge >= 0.3 is 0 Å². The van der Waals surface area contributed by atoms with E-state index in [4.69, 9.17) is 15.0 Å². The van der Waals surface area contributed by atoms with Gasteiger partial charge in [0.25, 0.3) is 0 Å². The second kappa shape index (κ2) is 13.1. The molecule has 0 N–H and O–H groups in total. The van der Waals surface area contributed by atoms with E-state index in [2.05, 4.69) is 159 Å². The lowest BCUT2D eigenvalue weighted by atomic mass is 9.73. The highest BCUT2D eigenvalue weighted by Gasteiger charge is 2.26. The minimum Gasteiger partial charge on any atom is -0.310 e. The number of rotatable bonds is 5. The molecular formula is C45H35B6N5. The van der Waals surface area contributed by atoms with Gasteiger partial charge < -0.3 is 4.57 Å². The first-order valence-corrected chi connectivity index (χ1v) is 19.3. The van der Waals surface area contributed by atoms with Gasteiger partial charge in [-0.05, 0) is 35.4 Å². The summed E-state index contributed by atoms with van der Waals surface area (Å²) < 4.78 is 4.78. The maximum absolute atomic E-state index is 5.28. The number of nitrogens with zero attached hydrogens (tertiary/aromatic N) is 5. The molecule has 5 nitrogen and oxygen atoms in total. The van der Waals surface area contributed by atoms with Crippen LogP contribution in [0.15, 0.2) is 140 Å². The lowest BCUT2D eigenvalue weighted by Crippen LogP contribution is -2.31. The van der Waals surface area contributed by atoms with Gasteiger partial charge in [-0.2, -0.15) is 9.97 Å². The predicted molar refractivity (Wildman–Crippen MR) is 254 cm³/mol. The zero-order valence-electron chi connectivity index (χ0n) is 32.5. The molecule has 10 aromatic rings. The highest BCUT2D eigenvalue weighted by molar-refractivity contribution is 6.61. The van der Waals surface area contributed by atoms with Gasteiger partial charge in [0.2, 0.25) is 5.95 Å². The summed E-state index contributed by atoms with van der Waals surface area (Å²) in [7, 11) is 13.5. The van der Waals surface area contributed by atoms with Crippen molar-refractivity contribution in [2.75, 3.05) is 0 Å². The van der Waals surface area contributed by atoms with E-state index in [1.165, 1.54) is 76.5 Å². The molecular weight excluding hydrogens is 675 g/mol. The quantitative estimate of drug-likeness (QED) is 0.247. The summed E-state index contributed by atoms with van der Waals surface area (Å²) >= 11 is 0. The van der Waals surface area contributed by atoms with E-state index in [1.54, 1.807) is 0 Å². The molecule has 0 fully saturated rings. The van der Waals surface area contributed by atoms with E-state index in [1.807, 2.05) is 36.4 Å². The lowest BCUT2D eigenvalue weighted by molar-refractivity contribution is 0.955. The summed E-state index contributed by atoms with van der Waals surface area (Å²) in [4.78, 5) is 15.6. The largest absolute Gasteiger partial charge is 0.310 e. The van der Waals surface area contributed by atoms with Gasteiger partial charge in [0, 0.05) is 43.9 Å². The van der Waals surface area contributed by atoms with E-state index in [9.17, 15) is 0 Å². The van der Waals surface area contributed by atoms with Gasteiger partial charge in [-0.25, -0.2) is 4.98 Å². The molecule has 0 spiro atoms. The molecule has 258 valence electrons. The highest BCUT2D eigenvalue weighted by atomic mass is 15.2. The summed E-state index contributed by atoms with van der Waals surface area (Å²) in [5.41, 5.74) is 17.6. The molecule has 10 rings (SSSR count). The van der Waals surface area contributed by atoms with Crippen molar-refractivity contribution in [3.63, 3.8) is 0 Å². The molecule has 3 heterocycles. The Hall–Kier alpha value is -6.46. The smallest absolute Gasteiger partial charge is 0.238 e. The topological polar surface area (TPSA) is 48.5 Å². The number of hydrogen-bond acceptors (Lipinski definition) is 3. The molecule has 0 bridgehead atoms. The molecule has 0 atom stereocenters. The third-order valence-corrected chi connectivity index (χ3v) is 11.7. The highest BCUT2D eigenvalue weighted by Crippen LogP contribution is 2.40. The van der Waals surface area contributed by atoms with Crippen LogP contribution in [-0.4, -0.2) is 71.2 Å². The number of aromatic nitrogens is 5. The second-order valence-corrected chi connectivity index (χ2v) is 15.2. The molecule has 0 saturated heterocycles. The first-order valence-electron chi connectivity index (χ1n) is 19.3. The fraction of sp³-hybridized carbons (Fsp3) is 0. The van der Waals surface area contributed by atoms with Crippen molar-refractivity contribution in [3.05, 3.63) is 140 Å². The van der Waals surface area contributed by atoms with Gasteiger partial charge in [0.05, 0.1) is 16.6 Å². The first kappa shape index (κ1) is 34.1. The summed E-state index contributed by atoms with van der Waals surface area (Å²) in [6, 6.07) is 49.3. The van der Waals surface area contributed by atoms with Gasteiger partial charge in [-0.3, -0.25) is 4.57 Å². The molecule has 56 heavy (non-hydrogen) atoms. The summed E-state index contributed by atoms with van der Waals surface area (Å²) in [6.45, 7) is 0. The second-order valence-electron chi connectivity index (χ2n) is 15.2. The van der Waals surface area contributed by atoms with Crippen LogP contribution >= 0.6 is 0 Å². The third kappa shape index (κ3) is 5.21. The van der Waals surface area contributed by atoms with Crippen LogP contribution < -0.4 is 32.8 Å². The van der Waals surface area contributed by atoms with Crippen LogP contribution in [0.2, 0.25) is 0 Å². The summed E-state index contributed by atoms with van der Waals surface area (Å²) in [5.74, 6) is 1.89. The first-order chi connectivity index (χ1) is 27.3. The van der Waals surface area contributed by atoms with Crippen molar-refractivity contribution < 1.29 is 0 Å². The van der Waals surface area contributed by atoms with E-state index >= 15 is 0 Å². The van der Waals surface area contributed by atoms with Gasteiger partial charge in [-0.1, -0.05) is 148 Å². The van der Waals surface area contributed by atoms with Crippen LogP contribution in [0.3, 0.4) is 0 Å². The molecule has 3 aromatic heterocycles. The minimum absolute atomic E-state index is 0.604. The maximum Gasteiger partial charge on any atom is 0.238 e. The molecule has 0 saturated carbocycles. The molecule has 0 aliphatic heterocycles. The third-order valence-electron chi connectivity index (χ3n) is 11.7. The summed E-state index contributed by atoms with van der Waals surface area (Å²) in [6.07, 6.45) is 0. The molecule has 11 heteroatoms. The van der Waals surface area contributed by atoms with Gasteiger partial charge in [0.15, 0.2) is 11.6 Å². The Morgan fingerprint density at radius 2 is 0.804 bits per heavy atom. The van der Waals surface area contributed by atoms with Gasteiger partial charge in [0.1, 0.15) is 47.1 Å². The standard InChI is InChI=1S/C45H35B6N5/c46-29-22-31(48)41-37(39(29)50)35-33(55(41)28-18-10-17-27(21-28)24-11-4-1-5-12-24)19-20-34-36(35)38-40(51)30(47)23-32(49)42(38)56(34)45-53-43(25-13-6-2-7-14-25)52-44(54-45)26-15-8-3-9-16-26/h1-23H,46-51H2. The Kier molecular flexibility index (Phi) is 7.96. The Morgan fingerprint density at radius 1 is 0.357 bits per heavy atom. The van der Waals surface area contributed by atoms with Crippen LogP contribution in [0.5, 0.6) is 0 Å². The van der Waals surface area contributed by atoms with Crippen molar-refractivity contribution in [2.45, 2.75) is 0 Å². The lowest BCUT2D eigenvalue weighted by Gasteiger charge is -2.13. The Balaban J connectivity index is 1.38. The molecule has 0 unspecified atom stereocenters. The van der Waals surface area contributed by atoms with Crippen molar-refractivity contribution in [3.8, 4) is 45.5 Å². The zero-order valence-corrected chi connectivity index (χ0v) is 32.5. The average Bonchev–Trinajstić information content (AvgIpc) is 3.78. The van der Waals surface area contributed by atoms with E-state index in [-0.39, 0.29) is 0 Å². The molecule has 0 aliphatic rings. The van der Waals surface area contributed by atoms with E-state index < -0.39 is 0 Å². The van der Waals surface area contributed by atoms with Crippen molar-refractivity contribution in [1.82, 2.24) is 24.1 Å². The maximum atomic E-state index is 5.28. The Bertz CT molecular complexity index is 3140. The van der Waals surface area contributed by atoms with Crippen LogP contribution in [0.4, 0.5) is 0 Å². The fourth-order valence-corrected chi connectivity index (χ4v) is 8.86. The zero-order chi connectivity index (χ0) is 38.2. The van der Waals surface area contributed by atoms with Gasteiger partial charge in [-0.15, -0.1) is 0 Å². The normalized spacial score (nSPS) is 11.6. The molecule has 7 aromatic carbocycles. The Labute approximate surface area is 331 Å². The van der Waals surface area contributed by atoms with Crippen LogP contribution in [0.1, 0.15) is 0 Å². The molecule has 0 radical (unpaired) electrons. The molecule has 0 aliphatic carbocycles. The van der Waals surface area contributed by atoms with Crippen molar-refractivity contribution in [1.29, 1.82) is 0 Å². The van der Waals surface area contributed by atoms with E-state index in [0.717, 1.165) is 27.8 Å². The molecule has 0 amide bonds. The average molecular weight is 711 g/mol. The SMILES string of the molecule is Bc1cc(B)c2c(c1B)c1c3c4c(B)c(B)cc(B)c4n(-c4nc(-c5ccccc5)nc(-c5ccccc5)n4)c3ccc1n2-c1cccc(-c2ccccc2)c1. The predicted octanol–water partition coefficient (Wildman–Crippen LogP) is 0.617.